The van der Waals surface area contributed by atoms with Crippen molar-refractivity contribution in [3.05, 3.63) is 0 Å². The lowest BCUT2D eigenvalue weighted by Crippen LogP contribution is -2.39. The van der Waals surface area contributed by atoms with Crippen LogP contribution in [0.5, 0.6) is 0 Å². The van der Waals surface area contributed by atoms with Gasteiger partial charge in [0.25, 0.3) is 0 Å². The molecular formula is C20H38. The molecule has 6 atom stereocenters. The Bertz CT molecular complexity index is 305. The van der Waals surface area contributed by atoms with E-state index in [0.717, 1.165) is 35.5 Å². The highest BCUT2D eigenvalue weighted by Crippen LogP contribution is 2.61. The molecule has 1 spiro atoms. The normalized spacial score (nSPS) is 43.4. The van der Waals surface area contributed by atoms with Gasteiger partial charge in [0.1, 0.15) is 0 Å². The summed E-state index contributed by atoms with van der Waals surface area (Å²) >= 11 is 0. The van der Waals surface area contributed by atoms with Crippen LogP contribution in [0.2, 0.25) is 0 Å². The average Bonchev–Trinajstić information content (AvgIpc) is 2.73. The molecule has 2 saturated carbocycles. The first-order chi connectivity index (χ1) is 9.43. The van der Waals surface area contributed by atoms with Crippen LogP contribution in [0, 0.1) is 40.9 Å². The molecule has 0 aromatic carbocycles. The summed E-state index contributed by atoms with van der Waals surface area (Å²) in [5.41, 5.74) is 0.709. The van der Waals surface area contributed by atoms with E-state index < -0.39 is 0 Å². The second-order valence-corrected chi connectivity index (χ2v) is 8.69. The summed E-state index contributed by atoms with van der Waals surface area (Å²) in [7, 11) is 0. The fourth-order valence-corrected chi connectivity index (χ4v) is 5.97. The van der Waals surface area contributed by atoms with Gasteiger partial charge in [-0.1, -0.05) is 54.4 Å². The average molecular weight is 279 g/mol. The minimum Gasteiger partial charge on any atom is -0.0651 e. The smallest absolute Gasteiger partial charge is 0.0259 e. The van der Waals surface area contributed by atoms with Crippen LogP contribution in [0.1, 0.15) is 86.5 Å². The van der Waals surface area contributed by atoms with Crippen LogP contribution in [-0.4, -0.2) is 0 Å². The van der Waals surface area contributed by atoms with E-state index in [1.807, 2.05) is 0 Å². The van der Waals surface area contributed by atoms with Crippen molar-refractivity contribution in [1.29, 1.82) is 0 Å². The summed E-state index contributed by atoms with van der Waals surface area (Å²) in [6.45, 7) is 14.8. The fraction of sp³-hybridized carbons (Fsp3) is 1.00. The number of hydrogen-bond acceptors (Lipinski definition) is 0. The molecule has 6 unspecified atom stereocenters. The second kappa shape index (κ2) is 6.41. The molecule has 2 fully saturated rings. The maximum Gasteiger partial charge on any atom is -0.0259 e. The van der Waals surface area contributed by atoms with Crippen molar-refractivity contribution in [3.63, 3.8) is 0 Å². The van der Waals surface area contributed by atoms with Crippen molar-refractivity contribution in [3.8, 4) is 0 Å². The van der Waals surface area contributed by atoms with E-state index in [0.29, 0.717) is 5.41 Å². The fourth-order valence-electron chi connectivity index (χ4n) is 5.97. The molecule has 0 nitrogen and oxygen atoms in total. The lowest BCUT2D eigenvalue weighted by atomic mass is 9.56. The molecule has 0 N–H and O–H groups in total. The third-order valence-electron chi connectivity index (χ3n) is 7.28. The van der Waals surface area contributed by atoms with Crippen molar-refractivity contribution in [2.75, 3.05) is 0 Å². The summed E-state index contributed by atoms with van der Waals surface area (Å²) in [5, 5.41) is 0. The van der Waals surface area contributed by atoms with Gasteiger partial charge in [0.15, 0.2) is 0 Å². The second-order valence-electron chi connectivity index (χ2n) is 8.69. The third-order valence-corrected chi connectivity index (χ3v) is 7.28. The first kappa shape index (κ1) is 16.4. The summed E-state index contributed by atoms with van der Waals surface area (Å²) in [5.74, 6) is 5.81. The summed E-state index contributed by atoms with van der Waals surface area (Å²) in [4.78, 5) is 0. The van der Waals surface area contributed by atoms with Crippen molar-refractivity contribution in [2.45, 2.75) is 86.5 Å². The molecule has 0 aromatic heterocycles. The van der Waals surface area contributed by atoms with Crippen LogP contribution in [0.25, 0.3) is 0 Å². The zero-order valence-electron chi connectivity index (χ0n) is 14.9. The largest absolute Gasteiger partial charge is 0.0651 e. The molecule has 0 heteroatoms. The Morgan fingerprint density at radius 3 is 2.20 bits per heavy atom. The molecule has 0 radical (unpaired) electrons. The van der Waals surface area contributed by atoms with Gasteiger partial charge in [0.2, 0.25) is 0 Å². The van der Waals surface area contributed by atoms with Crippen LogP contribution >= 0.6 is 0 Å². The topological polar surface area (TPSA) is 0 Å². The van der Waals surface area contributed by atoms with Gasteiger partial charge in [-0.05, 0) is 73.0 Å². The van der Waals surface area contributed by atoms with Crippen molar-refractivity contribution in [1.82, 2.24) is 0 Å². The van der Waals surface area contributed by atoms with Gasteiger partial charge in [-0.25, -0.2) is 0 Å². The van der Waals surface area contributed by atoms with E-state index in [1.165, 1.54) is 32.1 Å². The zero-order chi connectivity index (χ0) is 14.9. The maximum atomic E-state index is 2.53. The van der Waals surface area contributed by atoms with Gasteiger partial charge in [-0.2, -0.15) is 0 Å². The SMILES string of the molecule is CCC(C)C1CCC(C(C)C)C2(CC(C)C(CC)C2)C1. The summed E-state index contributed by atoms with van der Waals surface area (Å²) < 4.78 is 0. The van der Waals surface area contributed by atoms with Crippen molar-refractivity contribution in [2.24, 2.45) is 40.9 Å². The molecule has 20 heavy (non-hydrogen) atoms. The molecular weight excluding hydrogens is 240 g/mol. The molecule has 0 aliphatic heterocycles. The number of rotatable bonds is 4. The van der Waals surface area contributed by atoms with Gasteiger partial charge in [0, 0.05) is 0 Å². The Hall–Kier alpha value is 0. The molecule has 0 heterocycles. The van der Waals surface area contributed by atoms with Crippen LogP contribution in [-0.2, 0) is 0 Å². The quantitative estimate of drug-likeness (QED) is 0.547. The highest BCUT2D eigenvalue weighted by Gasteiger charge is 2.51. The predicted octanol–water partition coefficient (Wildman–Crippen LogP) is 6.55. The van der Waals surface area contributed by atoms with Crippen LogP contribution in [0.4, 0.5) is 0 Å². The van der Waals surface area contributed by atoms with Crippen molar-refractivity contribution < 1.29 is 0 Å². The van der Waals surface area contributed by atoms with E-state index in [4.69, 9.17) is 0 Å². The molecule has 2 aliphatic rings. The summed E-state index contributed by atoms with van der Waals surface area (Å²) in [6, 6.07) is 0. The Labute approximate surface area is 128 Å². The standard InChI is InChI=1S/C20H38/c1-7-15(5)18-9-10-19(14(3)4)20(13-18)11-16(6)17(8-2)12-20/h14-19H,7-13H2,1-6H3. The predicted molar refractivity (Wildman–Crippen MR) is 89.7 cm³/mol. The van der Waals surface area contributed by atoms with Gasteiger partial charge in [-0.15, -0.1) is 0 Å². The van der Waals surface area contributed by atoms with Crippen LogP contribution in [0.15, 0.2) is 0 Å². The highest BCUT2D eigenvalue weighted by atomic mass is 14.6. The minimum atomic E-state index is 0.709. The summed E-state index contributed by atoms with van der Waals surface area (Å²) in [6.07, 6.45) is 10.4. The lowest BCUT2D eigenvalue weighted by Gasteiger charge is -2.49. The molecule has 118 valence electrons. The Morgan fingerprint density at radius 1 is 1.00 bits per heavy atom. The third kappa shape index (κ3) is 2.95. The Kier molecular flexibility index (Phi) is 5.24. The van der Waals surface area contributed by atoms with Crippen LogP contribution < -0.4 is 0 Å². The van der Waals surface area contributed by atoms with Gasteiger partial charge < -0.3 is 0 Å². The molecule has 0 saturated heterocycles. The van der Waals surface area contributed by atoms with E-state index >= 15 is 0 Å². The minimum absolute atomic E-state index is 0.709. The molecule has 2 rings (SSSR count). The monoisotopic (exact) mass is 278 g/mol. The number of hydrogen-bond donors (Lipinski definition) is 0. The van der Waals surface area contributed by atoms with Gasteiger partial charge in [0.05, 0.1) is 0 Å². The first-order valence-corrected chi connectivity index (χ1v) is 9.43. The van der Waals surface area contributed by atoms with E-state index in [9.17, 15) is 0 Å². The van der Waals surface area contributed by atoms with Gasteiger partial charge in [-0.3, -0.25) is 0 Å². The maximum absolute atomic E-state index is 2.53. The molecule has 0 aromatic rings. The van der Waals surface area contributed by atoms with Crippen LogP contribution in [0.3, 0.4) is 0 Å². The van der Waals surface area contributed by atoms with E-state index in [-0.39, 0.29) is 0 Å². The Balaban J connectivity index is 2.19. The van der Waals surface area contributed by atoms with E-state index in [2.05, 4.69) is 41.5 Å². The molecule has 0 amide bonds. The molecule has 0 bridgehead atoms. The molecule has 2 aliphatic carbocycles. The van der Waals surface area contributed by atoms with Crippen molar-refractivity contribution >= 4 is 0 Å². The highest BCUT2D eigenvalue weighted by molar-refractivity contribution is 5.01. The van der Waals surface area contributed by atoms with Gasteiger partial charge >= 0.3 is 0 Å². The lowest BCUT2D eigenvalue weighted by molar-refractivity contribution is 0.0113. The Morgan fingerprint density at radius 2 is 1.70 bits per heavy atom. The first-order valence-electron chi connectivity index (χ1n) is 9.43. The van der Waals surface area contributed by atoms with E-state index in [1.54, 1.807) is 12.8 Å². The zero-order valence-corrected chi connectivity index (χ0v) is 14.9.